The number of carbonyl (C=O) groups is 2. The number of hydrogen-bond acceptors (Lipinski definition) is 3. The minimum Gasteiger partial charge on any atom is -0.469 e. The molecule has 1 aliphatic rings. The van der Waals surface area contributed by atoms with E-state index < -0.39 is 0 Å². The van der Waals surface area contributed by atoms with Crippen molar-refractivity contribution in [2.75, 3.05) is 7.11 Å². The molecule has 3 heteroatoms. The van der Waals surface area contributed by atoms with Gasteiger partial charge in [0.1, 0.15) is 0 Å². The van der Waals surface area contributed by atoms with Crippen molar-refractivity contribution in [3.8, 4) is 0 Å². The minimum atomic E-state index is -0.186. The van der Waals surface area contributed by atoms with Crippen molar-refractivity contribution < 1.29 is 14.3 Å². The Hall–Kier alpha value is -1.12. The molecule has 0 N–H and O–H groups in total. The van der Waals surface area contributed by atoms with E-state index in [1.165, 1.54) is 7.11 Å². The van der Waals surface area contributed by atoms with Crippen LogP contribution in [0.15, 0.2) is 12.2 Å². The van der Waals surface area contributed by atoms with Crippen LogP contribution in [0, 0.1) is 23.2 Å². The molecule has 0 amide bonds. The lowest BCUT2D eigenvalue weighted by molar-refractivity contribution is -0.142. The van der Waals surface area contributed by atoms with Crippen molar-refractivity contribution in [3.63, 3.8) is 0 Å². The highest BCUT2D eigenvalue weighted by Crippen LogP contribution is 2.45. The van der Waals surface area contributed by atoms with Gasteiger partial charge in [-0.3, -0.25) is 9.59 Å². The number of methoxy groups -OCH3 is 1. The average molecular weight is 238 g/mol. The Kier molecular flexibility index (Phi) is 4.12. The normalized spacial score (nSPS) is 25.7. The molecular formula is C14H22O3. The van der Waals surface area contributed by atoms with Gasteiger partial charge in [0.05, 0.1) is 13.0 Å². The van der Waals surface area contributed by atoms with Crippen LogP contribution < -0.4 is 0 Å². The second kappa shape index (κ2) is 5.03. The third-order valence-corrected chi connectivity index (χ3v) is 3.18. The Morgan fingerprint density at radius 3 is 2.41 bits per heavy atom. The monoisotopic (exact) mass is 238 g/mol. The van der Waals surface area contributed by atoms with Crippen LogP contribution in [0.5, 0.6) is 0 Å². The first-order valence-corrected chi connectivity index (χ1v) is 6.07. The summed E-state index contributed by atoms with van der Waals surface area (Å²) in [6.45, 7) is 8.05. The molecule has 0 bridgehead atoms. The van der Waals surface area contributed by atoms with Crippen LogP contribution in [0.25, 0.3) is 0 Å². The highest BCUT2D eigenvalue weighted by atomic mass is 16.5. The molecule has 0 radical (unpaired) electrons. The van der Waals surface area contributed by atoms with Crippen LogP contribution in [0.4, 0.5) is 0 Å². The van der Waals surface area contributed by atoms with Crippen molar-refractivity contribution in [1.82, 2.24) is 0 Å². The van der Waals surface area contributed by atoms with Gasteiger partial charge in [0.2, 0.25) is 0 Å². The molecule has 3 nitrogen and oxygen atoms in total. The number of esters is 1. The van der Waals surface area contributed by atoms with Crippen LogP contribution in [-0.2, 0) is 14.3 Å². The van der Waals surface area contributed by atoms with Gasteiger partial charge in [0.25, 0.3) is 0 Å². The summed E-state index contributed by atoms with van der Waals surface area (Å²) >= 11 is 0. The summed E-state index contributed by atoms with van der Waals surface area (Å²) in [5.41, 5.74) is 0.0146. The fourth-order valence-corrected chi connectivity index (χ4v) is 1.88. The first-order valence-electron chi connectivity index (χ1n) is 6.07. The van der Waals surface area contributed by atoms with E-state index in [-0.39, 0.29) is 34.9 Å². The number of ketones is 1. The Labute approximate surface area is 103 Å². The molecule has 0 spiro atoms. The lowest BCUT2D eigenvalue weighted by atomic mass is 9.93. The molecule has 3 atom stereocenters. The second-order valence-electron chi connectivity index (χ2n) is 5.92. The van der Waals surface area contributed by atoms with E-state index in [1.54, 1.807) is 6.08 Å². The fraction of sp³-hybridized carbons (Fsp3) is 0.714. The molecule has 1 rings (SSSR count). The predicted octanol–water partition coefficient (Wildman–Crippen LogP) is 2.60. The van der Waals surface area contributed by atoms with E-state index >= 15 is 0 Å². The molecule has 17 heavy (non-hydrogen) atoms. The Morgan fingerprint density at radius 2 is 1.94 bits per heavy atom. The summed E-state index contributed by atoms with van der Waals surface area (Å²) in [5, 5.41) is 0. The molecule has 0 aromatic carbocycles. The van der Waals surface area contributed by atoms with Crippen molar-refractivity contribution >= 4 is 11.8 Å². The maximum absolute atomic E-state index is 11.9. The number of allylic oxidation sites excluding steroid dienone is 2. The van der Waals surface area contributed by atoms with Crippen LogP contribution in [0.3, 0.4) is 0 Å². The van der Waals surface area contributed by atoms with E-state index in [0.29, 0.717) is 0 Å². The zero-order chi connectivity index (χ0) is 13.2. The summed E-state index contributed by atoms with van der Waals surface area (Å²) in [5.74, 6) is -0.0648. The van der Waals surface area contributed by atoms with Crippen LogP contribution in [-0.4, -0.2) is 18.9 Å². The Balaban J connectivity index is 2.50. The lowest BCUT2D eigenvalue weighted by Gasteiger charge is -2.12. The van der Waals surface area contributed by atoms with Gasteiger partial charge in [0.15, 0.2) is 5.78 Å². The largest absolute Gasteiger partial charge is 0.469 e. The number of hydrogen-bond donors (Lipinski definition) is 0. The highest BCUT2D eigenvalue weighted by Gasteiger charge is 2.48. The third kappa shape index (κ3) is 3.99. The average Bonchev–Trinajstić information content (AvgIpc) is 3.02. The summed E-state index contributed by atoms with van der Waals surface area (Å²) < 4.78 is 4.68. The zero-order valence-electron chi connectivity index (χ0n) is 11.3. The molecule has 96 valence electrons. The standard InChI is InChI=1S/C14H22O3/c1-9(10-8-11(10)13(16)17-5)12(15)6-7-14(2,3)4/h6-7,9-11H,8H2,1-5H3/b7-6+/t9-,10+,11-/m0/s1. The second-order valence-corrected chi connectivity index (χ2v) is 5.92. The van der Waals surface area contributed by atoms with Crippen molar-refractivity contribution in [3.05, 3.63) is 12.2 Å². The van der Waals surface area contributed by atoms with E-state index in [4.69, 9.17) is 0 Å². The predicted molar refractivity (Wildman–Crippen MR) is 66.4 cm³/mol. The lowest BCUT2D eigenvalue weighted by Crippen LogP contribution is -2.15. The van der Waals surface area contributed by atoms with Gasteiger partial charge < -0.3 is 4.74 Å². The molecular weight excluding hydrogens is 216 g/mol. The van der Waals surface area contributed by atoms with Crippen LogP contribution in [0.1, 0.15) is 34.1 Å². The quantitative estimate of drug-likeness (QED) is 0.558. The van der Waals surface area contributed by atoms with Gasteiger partial charge >= 0.3 is 5.97 Å². The van der Waals surface area contributed by atoms with Crippen LogP contribution in [0.2, 0.25) is 0 Å². The number of rotatable bonds is 4. The fourth-order valence-electron chi connectivity index (χ4n) is 1.88. The maximum Gasteiger partial charge on any atom is 0.308 e. The molecule has 1 fully saturated rings. The summed E-state index contributed by atoms with van der Waals surface area (Å²) in [6, 6.07) is 0. The van der Waals surface area contributed by atoms with Crippen molar-refractivity contribution in [2.45, 2.75) is 34.1 Å². The van der Waals surface area contributed by atoms with Gasteiger partial charge in [-0.05, 0) is 23.8 Å². The minimum absolute atomic E-state index is 0.0146. The first kappa shape index (κ1) is 13.9. The van der Waals surface area contributed by atoms with E-state index in [1.807, 2.05) is 13.0 Å². The molecule has 0 aromatic heterocycles. The van der Waals surface area contributed by atoms with Crippen molar-refractivity contribution in [1.29, 1.82) is 0 Å². The van der Waals surface area contributed by atoms with Crippen LogP contribution >= 0.6 is 0 Å². The molecule has 1 saturated carbocycles. The topological polar surface area (TPSA) is 43.4 Å². The Morgan fingerprint density at radius 1 is 1.35 bits per heavy atom. The van der Waals surface area contributed by atoms with E-state index in [2.05, 4.69) is 25.5 Å². The summed E-state index contributed by atoms with van der Waals surface area (Å²) in [4.78, 5) is 23.2. The molecule has 0 heterocycles. The molecule has 0 aromatic rings. The summed E-state index contributed by atoms with van der Waals surface area (Å²) in [7, 11) is 1.39. The van der Waals surface area contributed by atoms with E-state index in [9.17, 15) is 9.59 Å². The van der Waals surface area contributed by atoms with E-state index in [0.717, 1.165) is 6.42 Å². The SMILES string of the molecule is COC(=O)[C@H]1C[C@@H]1[C@H](C)C(=O)/C=C/C(C)(C)C. The van der Waals surface area contributed by atoms with Gasteiger partial charge in [-0.15, -0.1) is 0 Å². The third-order valence-electron chi connectivity index (χ3n) is 3.18. The Bertz CT molecular complexity index is 336. The van der Waals surface area contributed by atoms with Gasteiger partial charge in [-0.2, -0.15) is 0 Å². The van der Waals surface area contributed by atoms with Gasteiger partial charge in [-0.1, -0.05) is 33.8 Å². The molecule has 0 saturated heterocycles. The number of carbonyl (C=O) groups excluding carboxylic acids is 2. The van der Waals surface area contributed by atoms with Crippen molar-refractivity contribution in [2.24, 2.45) is 23.2 Å². The van der Waals surface area contributed by atoms with Gasteiger partial charge in [0, 0.05) is 5.92 Å². The molecule has 0 aliphatic heterocycles. The zero-order valence-corrected chi connectivity index (χ0v) is 11.3. The maximum atomic E-state index is 11.9. The highest BCUT2D eigenvalue weighted by molar-refractivity contribution is 5.92. The summed E-state index contributed by atoms with van der Waals surface area (Å²) in [6.07, 6.45) is 4.35. The molecule has 1 aliphatic carbocycles. The smallest absolute Gasteiger partial charge is 0.308 e. The number of ether oxygens (including phenoxy) is 1. The van der Waals surface area contributed by atoms with Gasteiger partial charge in [-0.25, -0.2) is 0 Å². The molecule has 0 unspecified atom stereocenters. The first-order chi connectivity index (χ1) is 7.76.